The first-order valence-electron chi connectivity index (χ1n) is 10.7. The van der Waals surface area contributed by atoms with Crippen molar-refractivity contribution in [2.45, 2.75) is 19.9 Å². The molecule has 0 bridgehead atoms. The van der Waals surface area contributed by atoms with Crippen molar-refractivity contribution in [2.75, 3.05) is 4.90 Å². The molecule has 2 amide bonds. The Morgan fingerprint density at radius 3 is 2.51 bits per heavy atom. The molecule has 2 heterocycles. The number of aromatic nitrogens is 2. The number of nitrogens with zero attached hydrogens (tertiary/aromatic N) is 3. The van der Waals surface area contributed by atoms with Crippen LogP contribution in [0.3, 0.4) is 0 Å². The Hall–Kier alpha value is -4.04. The lowest BCUT2D eigenvalue weighted by Crippen LogP contribution is -2.46. The Morgan fingerprint density at radius 1 is 1.03 bits per heavy atom. The lowest BCUT2D eigenvalue weighted by molar-refractivity contribution is 0.244. The number of aryl methyl sites for hydroxylation is 1. The highest BCUT2D eigenvalue weighted by molar-refractivity contribution is 6.30. The number of amides is 2. The van der Waals surface area contributed by atoms with E-state index in [-0.39, 0.29) is 17.5 Å². The van der Waals surface area contributed by atoms with Gasteiger partial charge in [0.2, 0.25) is 5.82 Å². The van der Waals surface area contributed by atoms with Crippen molar-refractivity contribution < 1.29 is 18.1 Å². The zero-order valence-corrected chi connectivity index (χ0v) is 19.5. The second-order valence-corrected chi connectivity index (χ2v) is 8.57. The van der Waals surface area contributed by atoms with Crippen LogP contribution in [0.25, 0.3) is 17.0 Å². The Balaban J connectivity index is 1.66. The molecule has 5 rings (SSSR count). The van der Waals surface area contributed by atoms with Crippen LogP contribution in [0.15, 0.2) is 77.0 Å². The van der Waals surface area contributed by atoms with Gasteiger partial charge < -0.3 is 9.84 Å². The third-order valence-electron chi connectivity index (χ3n) is 5.84. The van der Waals surface area contributed by atoms with Gasteiger partial charge in [-0.15, -0.1) is 0 Å². The first kappa shape index (κ1) is 22.7. The van der Waals surface area contributed by atoms with E-state index in [1.54, 1.807) is 56.3 Å². The van der Waals surface area contributed by atoms with E-state index in [4.69, 9.17) is 16.1 Å². The zero-order chi connectivity index (χ0) is 24.7. The quantitative estimate of drug-likeness (QED) is 0.345. The van der Waals surface area contributed by atoms with E-state index in [2.05, 4.69) is 15.5 Å². The molecule has 6 nitrogen and oxygen atoms in total. The number of benzene rings is 3. The van der Waals surface area contributed by atoms with Crippen molar-refractivity contribution in [3.8, 4) is 11.4 Å². The standard InChI is InChI=1S/C26H19ClF2N4O2/c1-14-6-11-20(13-21(14)29)33-15(2)22(23(30-26(33)34)17-4-3-5-18(27)12-17)25-31-24(32-35-25)16-7-9-19(28)10-8-16/h3-13,23H,1-2H3,(H,30,34). The normalized spacial score (nSPS) is 16.0. The summed E-state index contributed by atoms with van der Waals surface area (Å²) in [5.74, 6) is -0.398. The third-order valence-corrected chi connectivity index (χ3v) is 6.07. The molecule has 4 aromatic rings. The van der Waals surface area contributed by atoms with Crippen LogP contribution in [-0.4, -0.2) is 16.2 Å². The van der Waals surface area contributed by atoms with Gasteiger partial charge in [-0.25, -0.2) is 13.6 Å². The van der Waals surface area contributed by atoms with E-state index in [9.17, 15) is 13.6 Å². The van der Waals surface area contributed by atoms with E-state index < -0.39 is 17.9 Å². The summed E-state index contributed by atoms with van der Waals surface area (Å²) in [5, 5.41) is 7.50. The molecule has 0 spiro atoms. The smallest absolute Gasteiger partial charge is 0.327 e. The van der Waals surface area contributed by atoms with Crippen LogP contribution in [0.2, 0.25) is 5.02 Å². The number of carbonyl (C=O) groups excluding carboxylic acids is 1. The molecule has 0 saturated carbocycles. The summed E-state index contributed by atoms with van der Waals surface area (Å²) in [6.45, 7) is 3.37. The monoisotopic (exact) mass is 492 g/mol. The summed E-state index contributed by atoms with van der Waals surface area (Å²) < 4.78 is 33.3. The van der Waals surface area contributed by atoms with Crippen LogP contribution < -0.4 is 10.2 Å². The molecule has 9 heteroatoms. The largest absolute Gasteiger partial charge is 0.334 e. The van der Waals surface area contributed by atoms with Gasteiger partial charge in [0.05, 0.1) is 17.3 Å². The molecular formula is C26H19ClF2N4O2. The first-order valence-corrected chi connectivity index (χ1v) is 11.1. The van der Waals surface area contributed by atoms with Gasteiger partial charge in [0.25, 0.3) is 5.89 Å². The molecular weight excluding hydrogens is 474 g/mol. The molecule has 3 aromatic carbocycles. The van der Waals surface area contributed by atoms with Crippen molar-refractivity contribution in [1.29, 1.82) is 0 Å². The molecule has 1 unspecified atom stereocenters. The Morgan fingerprint density at radius 2 is 1.80 bits per heavy atom. The van der Waals surface area contributed by atoms with Crippen LogP contribution in [0.4, 0.5) is 19.3 Å². The Bertz CT molecular complexity index is 1470. The molecule has 1 atom stereocenters. The van der Waals surface area contributed by atoms with Gasteiger partial charge in [-0.3, -0.25) is 4.90 Å². The van der Waals surface area contributed by atoms with Gasteiger partial charge in [-0.05, 0) is 73.5 Å². The van der Waals surface area contributed by atoms with E-state index in [0.29, 0.717) is 38.7 Å². The van der Waals surface area contributed by atoms with Crippen molar-refractivity contribution in [3.05, 3.63) is 106 Å². The third kappa shape index (κ3) is 4.28. The number of carbonyl (C=O) groups is 1. The molecule has 0 aliphatic carbocycles. The van der Waals surface area contributed by atoms with Gasteiger partial charge in [0, 0.05) is 16.3 Å². The van der Waals surface area contributed by atoms with Crippen molar-refractivity contribution in [3.63, 3.8) is 0 Å². The maximum Gasteiger partial charge on any atom is 0.327 e. The molecule has 1 aliphatic rings. The summed E-state index contributed by atoms with van der Waals surface area (Å²) in [7, 11) is 0. The highest BCUT2D eigenvalue weighted by Crippen LogP contribution is 2.39. The topological polar surface area (TPSA) is 71.3 Å². The zero-order valence-electron chi connectivity index (χ0n) is 18.7. The summed E-state index contributed by atoms with van der Waals surface area (Å²) in [5.41, 5.74) is 3.09. The number of nitrogens with one attached hydrogen (secondary N) is 1. The van der Waals surface area contributed by atoms with Crippen LogP contribution in [0.5, 0.6) is 0 Å². The molecule has 0 saturated heterocycles. The average molecular weight is 493 g/mol. The van der Waals surface area contributed by atoms with Crippen LogP contribution in [0, 0.1) is 18.6 Å². The van der Waals surface area contributed by atoms with Crippen molar-refractivity contribution in [1.82, 2.24) is 15.5 Å². The Kier molecular flexibility index (Phi) is 5.82. The number of allylic oxidation sites excluding steroid dienone is 1. The number of hydrogen-bond acceptors (Lipinski definition) is 4. The minimum atomic E-state index is -0.658. The fourth-order valence-corrected chi connectivity index (χ4v) is 4.24. The minimum Gasteiger partial charge on any atom is -0.334 e. The van der Waals surface area contributed by atoms with Crippen molar-refractivity contribution >= 4 is 28.9 Å². The fourth-order valence-electron chi connectivity index (χ4n) is 4.04. The average Bonchev–Trinajstić information content (AvgIpc) is 3.31. The number of rotatable bonds is 4. The van der Waals surface area contributed by atoms with E-state index in [0.717, 1.165) is 0 Å². The molecule has 0 radical (unpaired) electrons. The number of halogens is 3. The molecule has 176 valence electrons. The number of urea groups is 1. The maximum atomic E-state index is 14.4. The molecule has 0 fully saturated rings. The maximum absolute atomic E-state index is 14.4. The van der Waals surface area contributed by atoms with E-state index in [1.165, 1.54) is 23.1 Å². The Labute approximate surface area is 204 Å². The number of anilines is 1. The summed E-state index contributed by atoms with van der Waals surface area (Å²) in [4.78, 5) is 19.1. The molecule has 35 heavy (non-hydrogen) atoms. The fraction of sp³-hybridized carbons (Fsp3) is 0.115. The molecule has 1 aromatic heterocycles. The number of hydrogen-bond donors (Lipinski definition) is 1. The lowest BCUT2D eigenvalue weighted by atomic mass is 9.94. The SMILES string of the molecule is CC1=C(c2nc(-c3ccc(F)cc3)no2)C(c2cccc(Cl)c2)NC(=O)N1c1ccc(C)c(F)c1. The van der Waals surface area contributed by atoms with E-state index in [1.807, 2.05) is 6.07 Å². The summed E-state index contributed by atoms with van der Waals surface area (Å²) in [6.07, 6.45) is 0. The second-order valence-electron chi connectivity index (χ2n) is 8.14. The van der Waals surface area contributed by atoms with Gasteiger partial charge in [-0.1, -0.05) is 35.0 Å². The molecule has 1 N–H and O–H groups in total. The van der Waals surface area contributed by atoms with Crippen LogP contribution >= 0.6 is 11.6 Å². The highest BCUT2D eigenvalue weighted by atomic mass is 35.5. The van der Waals surface area contributed by atoms with Gasteiger partial charge in [-0.2, -0.15) is 4.98 Å². The second kappa shape index (κ2) is 8.96. The summed E-state index contributed by atoms with van der Waals surface area (Å²) in [6, 6.07) is 16.2. The predicted molar refractivity (Wildman–Crippen MR) is 129 cm³/mol. The lowest BCUT2D eigenvalue weighted by Gasteiger charge is -2.35. The van der Waals surface area contributed by atoms with Gasteiger partial charge >= 0.3 is 6.03 Å². The minimum absolute atomic E-state index is 0.157. The van der Waals surface area contributed by atoms with Crippen LogP contribution in [-0.2, 0) is 0 Å². The van der Waals surface area contributed by atoms with Crippen molar-refractivity contribution in [2.24, 2.45) is 0 Å². The first-order chi connectivity index (χ1) is 16.8. The van der Waals surface area contributed by atoms with Crippen LogP contribution in [0.1, 0.15) is 30.0 Å². The van der Waals surface area contributed by atoms with Gasteiger partial charge in [0.15, 0.2) is 0 Å². The summed E-state index contributed by atoms with van der Waals surface area (Å²) >= 11 is 6.22. The highest BCUT2D eigenvalue weighted by Gasteiger charge is 2.36. The predicted octanol–water partition coefficient (Wildman–Crippen LogP) is 6.68. The molecule has 1 aliphatic heterocycles. The van der Waals surface area contributed by atoms with Gasteiger partial charge in [0.1, 0.15) is 11.6 Å². The van der Waals surface area contributed by atoms with E-state index >= 15 is 0 Å².